The van der Waals surface area contributed by atoms with Crippen LogP contribution in [-0.2, 0) is 9.59 Å². The number of anilines is 1. The highest BCUT2D eigenvalue weighted by Gasteiger charge is 2.58. The van der Waals surface area contributed by atoms with Gasteiger partial charge in [-0.2, -0.15) is 4.31 Å². The maximum absolute atomic E-state index is 13.2. The van der Waals surface area contributed by atoms with Gasteiger partial charge in [0, 0.05) is 29.0 Å². The van der Waals surface area contributed by atoms with Gasteiger partial charge in [-0.25, -0.2) is 0 Å². The van der Waals surface area contributed by atoms with Crippen molar-refractivity contribution in [2.75, 3.05) is 23.9 Å². The zero-order valence-corrected chi connectivity index (χ0v) is 23.3. The first-order valence-corrected chi connectivity index (χ1v) is 15.0. The molecular formula is C23H31BrCl2N4O4S. The highest BCUT2D eigenvalue weighted by Crippen LogP contribution is 2.60. The molecule has 3 atom stereocenters. The Morgan fingerprint density at radius 3 is 2.34 bits per heavy atom. The minimum Gasteiger partial charge on any atom is -0.369 e. The smallest absolute Gasteiger partial charge is 0.236 e. The number of carbonyl (C=O) groups is 2. The van der Waals surface area contributed by atoms with E-state index in [2.05, 4.69) is 21.2 Å². The van der Waals surface area contributed by atoms with Crippen LogP contribution in [0.25, 0.3) is 0 Å². The van der Waals surface area contributed by atoms with Gasteiger partial charge in [-0.05, 0) is 78.9 Å². The maximum Gasteiger partial charge on any atom is 0.236 e. The number of hydrogen-bond donors (Lipinski definition) is 4. The van der Waals surface area contributed by atoms with Gasteiger partial charge in [0.05, 0.1) is 22.3 Å². The predicted molar refractivity (Wildman–Crippen MR) is 142 cm³/mol. The van der Waals surface area contributed by atoms with Gasteiger partial charge in [0.1, 0.15) is 0 Å². The van der Waals surface area contributed by atoms with E-state index in [0.29, 0.717) is 39.2 Å². The molecule has 35 heavy (non-hydrogen) atoms. The van der Waals surface area contributed by atoms with Gasteiger partial charge in [-0.1, -0.05) is 46.1 Å². The van der Waals surface area contributed by atoms with Crippen molar-refractivity contribution in [3.05, 3.63) is 26.7 Å². The fourth-order valence-electron chi connectivity index (χ4n) is 7.12. The van der Waals surface area contributed by atoms with Crippen molar-refractivity contribution in [2.45, 2.75) is 45.1 Å². The molecule has 8 nitrogen and oxygen atoms in total. The van der Waals surface area contributed by atoms with Crippen molar-refractivity contribution in [1.82, 2.24) is 9.62 Å². The highest BCUT2D eigenvalue weighted by atomic mass is 79.9. The number of nitrogens with two attached hydrogens (primary N) is 1. The summed E-state index contributed by atoms with van der Waals surface area (Å²) < 4.78 is 26.1. The predicted octanol–water partition coefficient (Wildman–Crippen LogP) is 4.89. The normalized spacial score (nSPS) is 36.7. The van der Waals surface area contributed by atoms with E-state index in [9.17, 15) is 18.7 Å². The number of hydrogen-bond acceptors (Lipinski definition) is 6. The molecule has 5 aliphatic rings. The summed E-state index contributed by atoms with van der Waals surface area (Å²) in [5, 5.41) is 3.77. The topological polar surface area (TPSA) is 119 Å². The Hall–Kier alpha value is -0.750. The van der Waals surface area contributed by atoms with Crippen molar-refractivity contribution in [2.24, 2.45) is 34.8 Å². The molecule has 1 aromatic carbocycles. The van der Waals surface area contributed by atoms with Crippen LogP contribution in [0.2, 0.25) is 10.0 Å². The van der Waals surface area contributed by atoms with Gasteiger partial charge in [0.25, 0.3) is 0 Å². The van der Waals surface area contributed by atoms with Crippen molar-refractivity contribution in [1.29, 1.82) is 0 Å². The fraction of sp³-hybridized carbons (Fsp3) is 0.652. The molecular weight excluding hydrogens is 579 g/mol. The lowest BCUT2D eigenvalue weighted by molar-refractivity contribution is -0.147. The van der Waals surface area contributed by atoms with E-state index >= 15 is 0 Å². The lowest BCUT2D eigenvalue weighted by Gasteiger charge is -2.59. The average molecular weight is 610 g/mol. The molecule has 5 N–H and O–H groups in total. The second-order valence-corrected chi connectivity index (χ2v) is 14.6. The lowest BCUT2D eigenvalue weighted by atomic mass is 9.47. The monoisotopic (exact) mass is 608 g/mol. The molecule has 4 saturated carbocycles. The van der Waals surface area contributed by atoms with Crippen LogP contribution in [0.1, 0.15) is 39.0 Å². The molecule has 1 heterocycles. The van der Waals surface area contributed by atoms with Crippen molar-refractivity contribution < 1.29 is 18.7 Å². The van der Waals surface area contributed by atoms with E-state index in [1.165, 1.54) is 8.61 Å². The number of carbonyl (C=O) groups excluding carboxylic acids is 2. The van der Waals surface area contributed by atoms with Crippen LogP contribution in [0.4, 0.5) is 5.69 Å². The van der Waals surface area contributed by atoms with Crippen LogP contribution in [0.5, 0.6) is 0 Å². The second-order valence-electron chi connectivity index (χ2n) is 10.9. The zero-order chi connectivity index (χ0) is 25.3. The number of nitrogens with one attached hydrogen (secondary N) is 1. The Morgan fingerprint density at radius 1 is 1.17 bits per heavy atom. The number of amides is 2. The van der Waals surface area contributed by atoms with Crippen LogP contribution in [0, 0.1) is 29.1 Å². The first-order chi connectivity index (χ1) is 16.4. The first kappa shape index (κ1) is 25.9. The molecule has 1 saturated heterocycles. The number of benzene rings is 1. The molecule has 0 radical (unpaired) electrons. The maximum atomic E-state index is 13.2. The number of primary amides is 1. The average Bonchev–Trinajstić information content (AvgIpc) is 2.73. The summed E-state index contributed by atoms with van der Waals surface area (Å²) in [5.74, 6) is 0.540. The fourth-order valence-corrected chi connectivity index (χ4v) is 10.6. The van der Waals surface area contributed by atoms with E-state index in [1.54, 1.807) is 12.1 Å². The van der Waals surface area contributed by atoms with E-state index in [1.807, 2.05) is 6.92 Å². The zero-order valence-electron chi connectivity index (χ0n) is 19.4. The van der Waals surface area contributed by atoms with Gasteiger partial charge in [0.15, 0.2) is 0 Å². The Morgan fingerprint density at radius 2 is 1.77 bits per heavy atom. The number of nitrogens with zero attached hydrogens (tertiary/aromatic N) is 2. The third kappa shape index (κ3) is 4.57. The Balaban J connectivity index is 1.31. The highest BCUT2D eigenvalue weighted by molar-refractivity contribution is 9.10. The molecule has 6 rings (SSSR count). The molecule has 5 fully saturated rings. The minimum atomic E-state index is -3.52. The Bertz CT molecular complexity index is 1020. The van der Waals surface area contributed by atoms with Gasteiger partial charge in [-0.15, -0.1) is 0 Å². The summed E-state index contributed by atoms with van der Waals surface area (Å²) in [6.45, 7) is 2.51. The summed E-state index contributed by atoms with van der Waals surface area (Å²) in [4.78, 5) is 25.4. The Labute approximate surface area is 225 Å². The van der Waals surface area contributed by atoms with E-state index in [4.69, 9.17) is 28.9 Å². The third-order valence-electron chi connectivity index (χ3n) is 8.31. The van der Waals surface area contributed by atoms with Crippen LogP contribution in [-0.4, -0.2) is 50.9 Å². The standard InChI is InChI=1S/C23H31BrCl2N4O4S/c1-12-9-29(35(33,34)30(10-12)21-17(25)4-16(24)5-18(21)26)11-19(31)28-20-14-2-13-3-15(20)8-23(6-13,7-14)22(27)32/h4-5,12-15,20,33-34H,2-3,6-11H2,1H3,(H2,27,32)(H,28,31). The third-order valence-corrected chi connectivity index (χ3v) is 11.2. The van der Waals surface area contributed by atoms with Gasteiger partial charge in [-0.3, -0.25) is 23.0 Å². The molecule has 194 valence electrons. The van der Waals surface area contributed by atoms with E-state index in [-0.39, 0.29) is 42.2 Å². The molecule has 4 bridgehead atoms. The first-order valence-electron chi connectivity index (χ1n) is 11.9. The van der Waals surface area contributed by atoms with Crippen molar-refractivity contribution in [3.63, 3.8) is 0 Å². The second kappa shape index (κ2) is 9.22. The van der Waals surface area contributed by atoms with Crippen LogP contribution < -0.4 is 15.4 Å². The van der Waals surface area contributed by atoms with Crippen LogP contribution in [0.15, 0.2) is 16.6 Å². The Kier molecular flexibility index (Phi) is 6.82. The summed E-state index contributed by atoms with van der Waals surface area (Å²) in [6.07, 6.45) is 4.33. The summed E-state index contributed by atoms with van der Waals surface area (Å²) >= 11 is 16.2. The molecule has 0 spiro atoms. The minimum absolute atomic E-state index is 0.0120. The van der Waals surface area contributed by atoms with Crippen LogP contribution >= 0.6 is 50.1 Å². The number of rotatable bonds is 5. The van der Waals surface area contributed by atoms with Crippen LogP contribution in [0.3, 0.4) is 0 Å². The molecule has 12 heteroatoms. The SMILES string of the molecule is CC1CN(CC(=O)NC2C3CC4CC2CC(C(N)=O)(C4)C3)S(O)(O)N(c2c(Cl)cc(Br)cc2Cl)C1. The van der Waals surface area contributed by atoms with Gasteiger partial charge < -0.3 is 11.1 Å². The molecule has 1 aliphatic heterocycles. The lowest BCUT2D eigenvalue weighted by Crippen LogP contribution is -2.63. The summed E-state index contributed by atoms with van der Waals surface area (Å²) in [5.41, 5.74) is 5.71. The summed E-state index contributed by atoms with van der Waals surface area (Å²) in [6, 6.07) is 3.29. The molecule has 3 unspecified atom stereocenters. The van der Waals surface area contributed by atoms with Gasteiger partial charge >= 0.3 is 0 Å². The van der Waals surface area contributed by atoms with Crippen molar-refractivity contribution in [3.8, 4) is 0 Å². The number of halogens is 3. The molecule has 4 aliphatic carbocycles. The summed E-state index contributed by atoms with van der Waals surface area (Å²) in [7, 11) is -3.52. The van der Waals surface area contributed by atoms with E-state index < -0.39 is 16.4 Å². The van der Waals surface area contributed by atoms with Gasteiger partial charge in [0.2, 0.25) is 11.8 Å². The quantitative estimate of drug-likeness (QED) is 0.377. The largest absolute Gasteiger partial charge is 0.369 e. The van der Waals surface area contributed by atoms with Crippen molar-refractivity contribution >= 4 is 67.6 Å². The van der Waals surface area contributed by atoms with E-state index in [0.717, 1.165) is 32.1 Å². The molecule has 1 aromatic rings. The molecule has 2 amide bonds. The molecule has 0 aromatic heterocycles.